The van der Waals surface area contributed by atoms with Crippen LogP contribution >= 0.6 is 15.9 Å². The van der Waals surface area contributed by atoms with Crippen molar-refractivity contribution in [2.75, 3.05) is 6.54 Å². The van der Waals surface area contributed by atoms with Gasteiger partial charge in [-0.25, -0.2) is 22.0 Å². The number of halogens is 1. The second kappa shape index (κ2) is 18.0. The largest absolute Gasteiger partial charge is 0.455 e. The number of benzene rings is 5. The van der Waals surface area contributed by atoms with E-state index in [4.69, 9.17) is 13.9 Å². The van der Waals surface area contributed by atoms with Gasteiger partial charge in [0.1, 0.15) is 22.4 Å². The second-order valence-electron chi connectivity index (χ2n) is 17.4. The molecule has 63 heavy (non-hydrogen) atoms. The Morgan fingerprint density at radius 3 is 2.13 bits per heavy atom. The molecule has 2 amide bonds. The highest BCUT2D eigenvalue weighted by Gasteiger charge is 2.24. The number of aryl methyl sites for hydroxylation is 1. The van der Waals surface area contributed by atoms with Crippen LogP contribution in [0, 0.1) is 0 Å². The first kappa shape index (κ1) is 45.0. The molecule has 0 aliphatic heterocycles. The SMILES string of the molecule is CC(C)(C)OC(=O)NCCc1cn(S(=O)(=O)c2ccccc2)c2ccc(Br)cc12.CCn1cc(C(C)NC(=O)OC(C)(C)C)c2cc(-c3cccc4c3oc3ccccc34)ccc21. The average molecular weight is 934 g/mol. The van der Waals surface area contributed by atoms with Crippen LogP contribution in [0.15, 0.2) is 135 Å². The van der Waals surface area contributed by atoms with Gasteiger partial charge in [-0.3, -0.25) is 0 Å². The van der Waals surface area contributed by atoms with E-state index >= 15 is 0 Å². The lowest BCUT2D eigenvalue weighted by Crippen LogP contribution is -2.34. The lowest BCUT2D eigenvalue weighted by atomic mass is 9.99. The summed E-state index contributed by atoms with van der Waals surface area (Å²) < 4.78 is 47.6. The number of carbonyl (C=O) groups is 2. The third-order valence-electron chi connectivity index (χ3n) is 10.3. The Balaban J connectivity index is 0.000000192. The number of hydrogen-bond acceptors (Lipinski definition) is 7. The Kier molecular flexibility index (Phi) is 12.8. The number of ether oxygens (including phenoxy) is 2. The molecule has 0 aliphatic rings. The summed E-state index contributed by atoms with van der Waals surface area (Å²) in [5.74, 6) is 0. The van der Waals surface area contributed by atoms with Crippen molar-refractivity contribution in [1.82, 2.24) is 19.2 Å². The highest BCUT2D eigenvalue weighted by Crippen LogP contribution is 2.38. The van der Waals surface area contributed by atoms with Gasteiger partial charge in [0.25, 0.3) is 10.0 Å². The highest BCUT2D eigenvalue weighted by molar-refractivity contribution is 9.10. The summed E-state index contributed by atoms with van der Waals surface area (Å²) in [6.45, 7) is 16.3. The van der Waals surface area contributed by atoms with Crippen molar-refractivity contribution in [3.05, 3.63) is 137 Å². The average Bonchev–Trinajstić information content (AvgIpc) is 3.91. The third-order valence-corrected chi connectivity index (χ3v) is 12.5. The van der Waals surface area contributed by atoms with Gasteiger partial charge in [-0.1, -0.05) is 76.6 Å². The van der Waals surface area contributed by atoms with Gasteiger partial charge in [-0.2, -0.15) is 0 Å². The fraction of sp³-hybridized carbons (Fsp3) is 0.280. The Hall–Kier alpha value is -6.05. The van der Waals surface area contributed by atoms with Crippen LogP contribution in [-0.2, 0) is 32.5 Å². The first-order valence-electron chi connectivity index (χ1n) is 20.9. The van der Waals surface area contributed by atoms with Gasteiger partial charge >= 0.3 is 12.2 Å². The molecule has 0 radical (unpaired) electrons. The van der Waals surface area contributed by atoms with Crippen molar-refractivity contribution in [3.8, 4) is 11.1 Å². The maximum atomic E-state index is 13.1. The number of fused-ring (bicyclic) bond motifs is 5. The predicted molar refractivity (Wildman–Crippen MR) is 255 cm³/mol. The molecule has 1 unspecified atom stereocenters. The van der Waals surface area contributed by atoms with Crippen molar-refractivity contribution < 1.29 is 31.9 Å². The smallest absolute Gasteiger partial charge is 0.408 e. The highest BCUT2D eigenvalue weighted by atomic mass is 79.9. The van der Waals surface area contributed by atoms with Crippen molar-refractivity contribution in [2.24, 2.45) is 0 Å². The van der Waals surface area contributed by atoms with Crippen LogP contribution < -0.4 is 10.6 Å². The molecule has 13 heteroatoms. The summed E-state index contributed by atoms with van der Waals surface area (Å²) in [5, 5.41) is 9.86. The molecule has 3 heterocycles. The summed E-state index contributed by atoms with van der Waals surface area (Å²) in [4.78, 5) is 24.5. The lowest BCUT2D eigenvalue weighted by Gasteiger charge is -2.22. The Morgan fingerprint density at radius 2 is 1.41 bits per heavy atom. The first-order valence-corrected chi connectivity index (χ1v) is 23.2. The van der Waals surface area contributed by atoms with E-state index in [0.29, 0.717) is 18.5 Å². The summed E-state index contributed by atoms with van der Waals surface area (Å²) in [6.07, 6.45) is 3.29. The normalized spacial score (nSPS) is 12.6. The zero-order valence-corrected chi connectivity index (χ0v) is 39.2. The fourth-order valence-electron chi connectivity index (χ4n) is 7.59. The number of carbonyl (C=O) groups excluding carboxylic acids is 2. The fourth-order valence-corrected chi connectivity index (χ4v) is 9.36. The maximum absolute atomic E-state index is 13.1. The number of amides is 2. The molecule has 1 atom stereocenters. The molecule has 3 aromatic heterocycles. The van der Waals surface area contributed by atoms with E-state index in [9.17, 15) is 18.0 Å². The number of nitrogens with one attached hydrogen (secondary N) is 2. The molecule has 0 saturated carbocycles. The van der Waals surface area contributed by atoms with Crippen LogP contribution in [0.25, 0.3) is 54.9 Å². The zero-order valence-electron chi connectivity index (χ0n) is 36.8. The van der Waals surface area contributed by atoms with Gasteiger partial charge in [-0.05, 0) is 127 Å². The standard InChI is InChI=1S/C29H30N2O3.C21H23BrN2O4S/c1-6-31-17-24(18(2)30-28(32)34-29(3,4)5)23-16-19(14-15-25(23)31)20-11-9-12-22-21-10-7-8-13-26(21)33-27(20)22;1-21(2,3)28-20(25)23-12-11-15-14-24(19-10-9-16(22)13-18(15)19)29(26,27)17-7-5-4-6-8-17/h7-18H,6H2,1-5H3,(H,30,32);4-10,13-14H,11-12H2,1-3H3,(H,23,25). The van der Waals surface area contributed by atoms with E-state index in [1.807, 2.05) is 58.0 Å². The molecule has 0 bridgehead atoms. The molecule has 11 nitrogen and oxygen atoms in total. The molecular formula is C50H53BrN4O7S. The first-order chi connectivity index (χ1) is 29.8. The van der Waals surface area contributed by atoms with Crippen LogP contribution in [0.1, 0.15) is 72.6 Å². The van der Waals surface area contributed by atoms with Crippen LogP contribution in [-0.4, -0.2) is 46.9 Å². The molecule has 0 saturated heterocycles. The summed E-state index contributed by atoms with van der Waals surface area (Å²) >= 11 is 3.45. The van der Waals surface area contributed by atoms with E-state index in [1.165, 1.54) is 3.97 Å². The van der Waals surface area contributed by atoms with E-state index in [2.05, 4.69) is 86.7 Å². The van der Waals surface area contributed by atoms with E-state index in [-0.39, 0.29) is 10.9 Å². The number of aromatic nitrogens is 2. The van der Waals surface area contributed by atoms with Gasteiger partial charge in [0.2, 0.25) is 0 Å². The van der Waals surface area contributed by atoms with E-state index in [1.54, 1.807) is 63.4 Å². The number of hydrogen-bond donors (Lipinski definition) is 2. The van der Waals surface area contributed by atoms with Crippen LogP contribution in [0.2, 0.25) is 0 Å². The molecular weight excluding hydrogens is 881 g/mol. The predicted octanol–water partition coefficient (Wildman–Crippen LogP) is 12.5. The minimum atomic E-state index is -3.73. The topological polar surface area (TPSA) is 134 Å². The van der Waals surface area contributed by atoms with Crippen LogP contribution in [0.5, 0.6) is 0 Å². The summed E-state index contributed by atoms with van der Waals surface area (Å²) in [6, 6.07) is 34.5. The Labute approximate surface area is 376 Å². The van der Waals surface area contributed by atoms with E-state index < -0.39 is 33.4 Å². The number of para-hydroxylation sites is 2. The minimum absolute atomic E-state index is 0.206. The Morgan fingerprint density at radius 1 is 0.746 bits per heavy atom. The monoisotopic (exact) mass is 932 g/mol. The quantitative estimate of drug-likeness (QED) is 0.147. The third kappa shape index (κ3) is 10.1. The molecule has 0 spiro atoms. The second-order valence-corrected chi connectivity index (χ2v) is 20.1. The number of rotatable bonds is 9. The molecule has 2 N–H and O–H groups in total. The molecule has 328 valence electrons. The van der Waals surface area contributed by atoms with Gasteiger partial charge in [0.05, 0.1) is 16.5 Å². The molecule has 5 aromatic carbocycles. The molecule has 0 fully saturated rings. The van der Waals surface area contributed by atoms with Gasteiger partial charge in [0, 0.05) is 62.6 Å². The number of nitrogens with zero attached hydrogens (tertiary/aromatic N) is 2. The number of alkyl carbamates (subject to hydrolysis) is 2. The van der Waals surface area contributed by atoms with Crippen molar-refractivity contribution in [1.29, 1.82) is 0 Å². The minimum Gasteiger partial charge on any atom is -0.455 e. The summed E-state index contributed by atoms with van der Waals surface area (Å²) in [5.41, 5.74) is 6.39. The molecule has 8 aromatic rings. The molecule has 8 rings (SSSR count). The maximum Gasteiger partial charge on any atom is 0.408 e. The van der Waals surface area contributed by atoms with Crippen LogP contribution in [0.4, 0.5) is 9.59 Å². The van der Waals surface area contributed by atoms with Gasteiger partial charge in [0.15, 0.2) is 0 Å². The lowest BCUT2D eigenvalue weighted by molar-refractivity contribution is 0.0503. The van der Waals surface area contributed by atoms with Gasteiger partial charge in [-0.15, -0.1) is 0 Å². The van der Waals surface area contributed by atoms with Crippen molar-refractivity contribution in [2.45, 2.75) is 90.5 Å². The molecule has 0 aliphatic carbocycles. The Bertz CT molecular complexity index is 3060. The van der Waals surface area contributed by atoms with Crippen LogP contribution in [0.3, 0.4) is 0 Å². The van der Waals surface area contributed by atoms with Gasteiger partial charge < -0.3 is 29.1 Å². The van der Waals surface area contributed by atoms with E-state index in [0.717, 1.165) is 71.5 Å². The van der Waals surface area contributed by atoms with Crippen molar-refractivity contribution in [3.63, 3.8) is 0 Å². The van der Waals surface area contributed by atoms with Crippen molar-refractivity contribution >= 4 is 81.9 Å². The number of furan rings is 1. The zero-order chi connectivity index (χ0) is 45.3. The summed E-state index contributed by atoms with van der Waals surface area (Å²) in [7, 11) is -3.73.